The smallest absolute Gasteiger partial charge is 0.263 e. The van der Waals surface area contributed by atoms with Crippen molar-refractivity contribution in [2.75, 3.05) is 7.05 Å². The van der Waals surface area contributed by atoms with Crippen LogP contribution < -0.4 is 4.74 Å². The predicted molar refractivity (Wildman–Crippen MR) is 76.6 cm³/mol. The lowest BCUT2D eigenvalue weighted by Crippen LogP contribution is -2.42. The van der Waals surface area contributed by atoms with Crippen molar-refractivity contribution >= 4 is 17.5 Å². The maximum absolute atomic E-state index is 12.3. The van der Waals surface area contributed by atoms with E-state index in [2.05, 4.69) is 0 Å². The molecule has 19 heavy (non-hydrogen) atoms. The average molecular weight is 282 g/mol. The van der Waals surface area contributed by atoms with Crippen molar-refractivity contribution in [3.8, 4) is 5.75 Å². The number of benzene rings is 1. The van der Waals surface area contributed by atoms with E-state index in [1.54, 1.807) is 31.2 Å². The first-order valence-electron chi connectivity index (χ1n) is 6.77. The van der Waals surface area contributed by atoms with Gasteiger partial charge in [0, 0.05) is 18.1 Å². The average Bonchev–Trinajstić information content (AvgIpc) is 2.93. The van der Waals surface area contributed by atoms with E-state index in [4.69, 9.17) is 16.3 Å². The van der Waals surface area contributed by atoms with E-state index in [0.717, 1.165) is 12.8 Å². The van der Waals surface area contributed by atoms with Crippen LogP contribution in [-0.2, 0) is 4.79 Å². The molecule has 0 aliphatic heterocycles. The summed E-state index contributed by atoms with van der Waals surface area (Å²) in [6, 6.07) is 7.45. The van der Waals surface area contributed by atoms with Gasteiger partial charge >= 0.3 is 0 Å². The van der Waals surface area contributed by atoms with Crippen molar-refractivity contribution in [2.24, 2.45) is 0 Å². The number of rotatable bonds is 4. The van der Waals surface area contributed by atoms with Gasteiger partial charge in [0.2, 0.25) is 0 Å². The van der Waals surface area contributed by atoms with E-state index < -0.39 is 6.10 Å². The number of hydrogen-bond donors (Lipinski definition) is 0. The number of halogens is 1. The summed E-state index contributed by atoms with van der Waals surface area (Å²) in [4.78, 5) is 14.1. The molecule has 0 unspecified atom stereocenters. The third-order valence-electron chi connectivity index (χ3n) is 3.69. The van der Waals surface area contributed by atoms with E-state index >= 15 is 0 Å². The van der Waals surface area contributed by atoms with Gasteiger partial charge in [-0.3, -0.25) is 4.79 Å². The molecule has 0 bridgehead atoms. The zero-order valence-electron chi connectivity index (χ0n) is 11.4. The van der Waals surface area contributed by atoms with Gasteiger partial charge in [-0.05, 0) is 44.0 Å². The predicted octanol–water partition coefficient (Wildman–Crippen LogP) is 3.51. The number of carbonyl (C=O) groups excluding carboxylic acids is 1. The van der Waals surface area contributed by atoms with Crippen LogP contribution in [0, 0.1) is 0 Å². The highest BCUT2D eigenvalue weighted by atomic mass is 35.5. The SMILES string of the molecule is C[C@H](Oc1ccc(Cl)cc1)C(=O)N(C)C1CCCC1. The van der Waals surface area contributed by atoms with Crippen LogP contribution in [0.1, 0.15) is 32.6 Å². The van der Waals surface area contributed by atoms with E-state index in [-0.39, 0.29) is 5.91 Å². The Bertz CT molecular complexity index is 426. The largest absolute Gasteiger partial charge is 0.481 e. The lowest BCUT2D eigenvalue weighted by atomic mass is 10.2. The molecule has 1 aromatic rings. The molecule has 0 saturated heterocycles. The fraction of sp³-hybridized carbons (Fsp3) is 0.533. The van der Waals surface area contributed by atoms with E-state index in [9.17, 15) is 4.79 Å². The molecule has 0 spiro atoms. The van der Waals surface area contributed by atoms with Crippen LogP contribution in [0.25, 0.3) is 0 Å². The molecular formula is C15H20ClNO2. The minimum Gasteiger partial charge on any atom is -0.481 e. The zero-order chi connectivity index (χ0) is 13.8. The van der Waals surface area contributed by atoms with Gasteiger partial charge in [0.15, 0.2) is 6.10 Å². The second kappa shape index (κ2) is 6.29. The molecule has 1 aliphatic carbocycles. The Morgan fingerprint density at radius 2 is 1.89 bits per heavy atom. The molecule has 104 valence electrons. The molecule has 1 amide bonds. The molecule has 0 radical (unpaired) electrons. The third kappa shape index (κ3) is 3.63. The van der Waals surface area contributed by atoms with Crippen LogP contribution >= 0.6 is 11.6 Å². The van der Waals surface area contributed by atoms with Gasteiger partial charge in [0.05, 0.1) is 0 Å². The Balaban J connectivity index is 1.93. The summed E-state index contributed by atoms with van der Waals surface area (Å²) in [5.41, 5.74) is 0. The summed E-state index contributed by atoms with van der Waals surface area (Å²) in [6.45, 7) is 1.79. The number of nitrogens with zero attached hydrogens (tertiary/aromatic N) is 1. The number of ether oxygens (including phenoxy) is 1. The van der Waals surface area contributed by atoms with E-state index in [1.165, 1.54) is 12.8 Å². The van der Waals surface area contributed by atoms with Gasteiger partial charge in [0.1, 0.15) is 5.75 Å². The van der Waals surface area contributed by atoms with Crippen LogP contribution in [0.15, 0.2) is 24.3 Å². The van der Waals surface area contributed by atoms with Crippen molar-refractivity contribution in [2.45, 2.75) is 44.8 Å². The molecule has 1 saturated carbocycles. The summed E-state index contributed by atoms with van der Waals surface area (Å²) < 4.78 is 5.66. The molecule has 0 N–H and O–H groups in total. The Morgan fingerprint density at radius 1 is 1.32 bits per heavy atom. The minimum absolute atomic E-state index is 0.0434. The van der Waals surface area contributed by atoms with Gasteiger partial charge in [-0.2, -0.15) is 0 Å². The van der Waals surface area contributed by atoms with Crippen molar-refractivity contribution in [3.05, 3.63) is 29.3 Å². The lowest BCUT2D eigenvalue weighted by molar-refractivity contribution is -0.138. The molecular weight excluding hydrogens is 262 g/mol. The first-order valence-corrected chi connectivity index (χ1v) is 7.14. The first-order chi connectivity index (χ1) is 9.08. The van der Waals surface area contributed by atoms with Gasteiger partial charge in [0.25, 0.3) is 5.91 Å². The summed E-state index contributed by atoms with van der Waals surface area (Å²) in [6.07, 6.45) is 4.18. The summed E-state index contributed by atoms with van der Waals surface area (Å²) in [5, 5.41) is 0.661. The highest BCUT2D eigenvalue weighted by Crippen LogP contribution is 2.23. The number of likely N-dealkylation sites (N-methyl/N-ethyl adjacent to an activating group) is 1. The minimum atomic E-state index is -0.466. The first kappa shape index (κ1) is 14.2. The van der Waals surface area contributed by atoms with Gasteiger partial charge < -0.3 is 9.64 Å². The fourth-order valence-corrected chi connectivity index (χ4v) is 2.65. The Morgan fingerprint density at radius 3 is 2.47 bits per heavy atom. The second-order valence-corrected chi connectivity index (χ2v) is 5.54. The molecule has 1 fully saturated rings. The number of hydrogen-bond acceptors (Lipinski definition) is 2. The normalized spacial score (nSPS) is 17.2. The van der Waals surface area contributed by atoms with E-state index in [0.29, 0.717) is 16.8 Å². The quantitative estimate of drug-likeness (QED) is 0.845. The van der Waals surface area contributed by atoms with Crippen LogP contribution in [-0.4, -0.2) is 30.0 Å². The van der Waals surface area contributed by atoms with E-state index in [1.807, 2.05) is 11.9 Å². The molecule has 4 heteroatoms. The lowest BCUT2D eigenvalue weighted by Gasteiger charge is -2.27. The summed E-state index contributed by atoms with van der Waals surface area (Å²) in [5.74, 6) is 0.715. The molecule has 3 nitrogen and oxygen atoms in total. The van der Waals surface area contributed by atoms with Crippen molar-refractivity contribution < 1.29 is 9.53 Å². The highest BCUT2D eigenvalue weighted by molar-refractivity contribution is 6.30. The molecule has 1 aromatic carbocycles. The monoisotopic (exact) mass is 281 g/mol. The topological polar surface area (TPSA) is 29.5 Å². The zero-order valence-corrected chi connectivity index (χ0v) is 12.2. The van der Waals surface area contributed by atoms with Gasteiger partial charge in [-0.25, -0.2) is 0 Å². The Hall–Kier alpha value is -1.22. The van der Waals surface area contributed by atoms with Gasteiger partial charge in [-0.1, -0.05) is 24.4 Å². The number of amides is 1. The van der Waals surface area contributed by atoms with Crippen LogP contribution in [0.3, 0.4) is 0 Å². The maximum Gasteiger partial charge on any atom is 0.263 e. The number of carbonyl (C=O) groups is 1. The standard InChI is InChI=1S/C15H20ClNO2/c1-11(19-14-9-7-12(16)8-10-14)15(18)17(2)13-5-3-4-6-13/h7-11,13H,3-6H2,1-2H3/t11-/m0/s1. The van der Waals surface area contributed by atoms with Crippen LogP contribution in [0.4, 0.5) is 0 Å². The van der Waals surface area contributed by atoms with Crippen molar-refractivity contribution in [1.82, 2.24) is 4.90 Å². The molecule has 0 heterocycles. The Labute approximate surface area is 119 Å². The van der Waals surface area contributed by atoms with Crippen molar-refractivity contribution in [1.29, 1.82) is 0 Å². The van der Waals surface area contributed by atoms with Crippen molar-refractivity contribution in [3.63, 3.8) is 0 Å². The van der Waals surface area contributed by atoms with Gasteiger partial charge in [-0.15, -0.1) is 0 Å². The molecule has 1 aliphatic rings. The summed E-state index contributed by atoms with van der Waals surface area (Å²) >= 11 is 5.82. The second-order valence-electron chi connectivity index (χ2n) is 5.10. The maximum atomic E-state index is 12.3. The third-order valence-corrected chi connectivity index (χ3v) is 3.95. The molecule has 0 aromatic heterocycles. The Kier molecular flexibility index (Phi) is 4.70. The highest BCUT2D eigenvalue weighted by Gasteiger charge is 2.27. The molecule has 1 atom stereocenters. The summed E-state index contributed by atoms with van der Waals surface area (Å²) in [7, 11) is 1.88. The van der Waals surface area contributed by atoms with Crippen LogP contribution in [0.2, 0.25) is 5.02 Å². The fourth-order valence-electron chi connectivity index (χ4n) is 2.53. The van der Waals surface area contributed by atoms with Crippen LogP contribution in [0.5, 0.6) is 5.75 Å². The molecule has 2 rings (SSSR count).